The van der Waals surface area contributed by atoms with Crippen LogP contribution < -0.4 is 5.73 Å². The minimum Gasteiger partial charge on any atom is -0.399 e. The summed E-state index contributed by atoms with van der Waals surface area (Å²) in [5.74, 6) is 0. The number of hydrogen-bond acceptors (Lipinski definition) is 4. The zero-order chi connectivity index (χ0) is 16.8. The second kappa shape index (κ2) is 8.27. The third-order valence-corrected chi connectivity index (χ3v) is 4.97. The van der Waals surface area contributed by atoms with Gasteiger partial charge in [0.05, 0.1) is 0 Å². The fraction of sp³-hybridized carbons (Fsp3) is 0.450. The Morgan fingerprint density at radius 2 is 2.00 bits per heavy atom. The van der Waals surface area contributed by atoms with Crippen LogP contribution in [0.4, 0.5) is 5.69 Å². The van der Waals surface area contributed by atoms with Crippen LogP contribution in [0.15, 0.2) is 48.7 Å². The number of hydrogen-bond donors (Lipinski definition) is 1. The smallest absolute Gasteiger partial charge is 0.0416 e. The number of nitrogen functional groups attached to an aromatic ring is 1. The standard InChI is InChI=1S/C20H28N4/c1-23(16-17-5-4-6-18(21)15-17)20-9-13-24(14-10-20)12-8-19-7-2-3-11-22-19/h2-7,11,15,20H,8-10,12-14,16,21H2,1H3. The Morgan fingerprint density at radius 3 is 2.71 bits per heavy atom. The van der Waals surface area contributed by atoms with Crippen LogP contribution in [0.3, 0.4) is 0 Å². The summed E-state index contributed by atoms with van der Waals surface area (Å²) in [7, 11) is 2.23. The molecule has 0 atom stereocenters. The summed E-state index contributed by atoms with van der Waals surface area (Å²) < 4.78 is 0. The zero-order valence-corrected chi connectivity index (χ0v) is 14.6. The minimum atomic E-state index is 0.664. The molecule has 1 aliphatic heterocycles. The molecule has 128 valence electrons. The maximum atomic E-state index is 5.88. The fourth-order valence-corrected chi connectivity index (χ4v) is 3.51. The van der Waals surface area contributed by atoms with E-state index >= 15 is 0 Å². The van der Waals surface area contributed by atoms with E-state index in [0.29, 0.717) is 6.04 Å². The Morgan fingerprint density at radius 1 is 1.17 bits per heavy atom. The molecule has 0 amide bonds. The fourth-order valence-electron chi connectivity index (χ4n) is 3.51. The maximum absolute atomic E-state index is 5.88. The Hall–Kier alpha value is -1.91. The van der Waals surface area contributed by atoms with Gasteiger partial charge in [0.15, 0.2) is 0 Å². The highest BCUT2D eigenvalue weighted by Crippen LogP contribution is 2.18. The van der Waals surface area contributed by atoms with E-state index in [1.165, 1.54) is 37.2 Å². The number of pyridine rings is 1. The number of rotatable bonds is 6. The predicted molar refractivity (Wildman–Crippen MR) is 99.7 cm³/mol. The van der Waals surface area contributed by atoms with Gasteiger partial charge >= 0.3 is 0 Å². The van der Waals surface area contributed by atoms with Gasteiger partial charge < -0.3 is 10.6 Å². The first kappa shape index (κ1) is 16.9. The first-order chi connectivity index (χ1) is 11.7. The van der Waals surface area contributed by atoms with Crippen molar-refractivity contribution in [3.63, 3.8) is 0 Å². The summed E-state index contributed by atoms with van der Waals surface area (Å²) in [5, 5.41) is 0. The lowest BCUT2D eigenvalue weighted by atomic mass is 10.0. The van der Waals surface area contributed by atoms with E-state index in [0.717, 1.165) is 25.2 Å². The van der Waals surface area contributed by atoms with Crippen LogP contribution in [0.5, 0.6) is 0 Å². The summed E-state index contributed by atoms with van der Waals surface area (Å²) in [6.45, 7) is 4.45. The topological polar surface area (TPSA) is 45.4 Å². The summed E-state index contributed by atoms with van der Waals surface area (Å²) in [4.78, 5) is 9.46. The molecule has 2 aromatic rings. The lowest BCUT2D eigenvalue weighted by Crippen LogP contribution is -2.43. The summed E-state index contributed by atoms with van der Waals surface area (Å²) in [5.41, 5.74) is 9.23. The molecule has 0 aliphatic carbocycles. The van der Waals surface area contributed by atoms with E-state index in [9.17, 15) is 0 Å². The number of likely N-dealkylation sites (tertiary alicyclic amines) is 1. The van der Waals surface area contributed by atoms with Crippen molar-refractivity contribution in [2.45, 2.75) is 31.8 Å². The van der Waals surface area contributed by atoms with Crippen molar-refractivity contribution in [3.8, 4) is 0 Å². The highest BCUT2D eigenvalue weighted by Gasteiger charge is 2.22. The van der Waals surface area contributed by atoms with Gasteiger partial charge in [-0.05, 0) is 62.8 Å². The van der Waals surface area contributed by atoms with Gasteiger partial charge in [0.2, 0.25) is 0 Å². The molecule has 1 saturated heterocycles. The molecule has 4 heteroatoms. The molecule has 1 aromatic heterocycles. The average molecular weight is 324 g/mol. The molecule has 0 unspecified atom stereocenters. The first-order valence-corrected chi connectivity index (χ1v) is 8.87. The van der Waals surface area contributed by atoms with Crippen LogP contribution in [0.1, 0.15) is 24.1 Å². The van der Waals surface area contributed by atoms with Crippen LogP contribution >= 0.6 is 0 Å². The normalized spacial score (nSPS) is 16.6. The molecule has 24 heavy (non-hydrogen) atoms. The minimum absolute atomic E-state index is 0.664. The van der Waals surface area contributed by atoms with Crippen molar-refractivity contribution in [1.82, 2.24) is 14.8 Å². The van der Waals surface area contributed by atoms with E-state index < -0.39 is 0 Å². The Kier molecular flexibility index (Phi) is 5.83. The molecule has 4 nitrogen and oxygen atoms in total. The zero-order valence-electron chi connectivity index (χ0n) is 14.6. The molecule has 0 bridgehead atoms. The average Bonchev–Trinajstić information content (AvgIpc) is 2.61. The van der Waals surface area contributed by atoms with Gasteiger partial charge in [-0.25, -0.2) is 0 Å². The molecule has 1 aliphatic rings. The molecule has 1 fully saturated rings. The quantitative estimate of drug-likeness (QED) is 0.830. The molecular formula is C20H28N4. The molecule has 3 rings (SSSR count). The van der Waals surface area contributed by atoms with Crippen molar-refractivity contribution in [2.75, 3.05) is 32.4 Å². The van der Waals surface area contributed by atoms with Crippen molar-refractivity contribution in [2.24, 2.45) is 0 Å². The number of nitrogens with zero attached hydrogens (tertiary/aromatic N) is 3. The number of anilines is 1. The maximum Gasteiger partial charge on any atom is 0.0416 e. The third-order valence-electron chi connectivity index (χ3n) is 4.97. The summed E-state index contributed by atoms with van der Waals surface area (Å²) in [6.07, 6.45) is 5.40. The Labute approximate surface area is 145 Å². The number of benzene rings is 1. The SMILES string of the molecule is CN(Cc1cccc(N)c1)C1CCN(CCc2ccccn2)CC1. The molecule has 2 N–H and O–H groups in total. The van der Waals surface area contributed by atoms with E-state index in [-0.39, 0.29) is 0 Å². The molecule has 0 spiro atoms. The van der Waals surface area contributed by atoms with E-state index in [1.54, 1.807) is 0 Å². The van der Waals surface area contributed by atoms with Crippen LogP contribution in [-0.4, -0.2) is 47.5 Å². The number of nitrogens with two attached hydrogens (primary N) is 1. The van der Waals surface area contributed by atoms with Gasteiger partial charge in [-0.2, -0.15) is 0 Å². The van der Waals surface area contributed by atoms with Crippen LogP contribution in [0.25, 0.3) is 0 Å². The Balaban J connectivity index is 1.43. The van der Waals surface area contributed by atoms with Gasteiger partial charge in [0.25, 0.3) is 0 Å². The Bertz CT molecular complexity index is 621. The van der Waals surface area contributed by atoms with E-state index in [2.05, 4.69) is 46.1 Å². The van der Waals surface area contributed by atoms with Gasteiger partial charge in [-0.15, -0.1) is 0 Å². The lowest BCUT2D eigenvalue weighted by molar-refractivity contribution is 0.124. The largest absolute Gasteiger partial charge is 0.399 e. The summed E-state index contributed by atoms with van der Waals surface area (Å²) >= 11 is 0. The highest BCUT2D eigenvalue weighted by molar-refractivity contribution is 5.40. The second-order valence-corrected chi connectivity index (χ2v) is 6.80. The van der Waals surface area contributed by atoms with Crippen molar-refractivity contribution in [1.29, 1.82) is 0 Å². The molecular weight excluding hydrogens is 296 g/mol. The van der Waals surface area contributed by atoms with Gasteiger partial charge in [-0.3, -0.25) is 9.88 Å². The molecule has 0 saturated carbocycles. The second-order valence-electron chi connectivity index (χ2n) is 6.80. The van der Waals surface area contributed by atoms with Crippen LogP contribution in [0, 0.1) is 0 Å². The van der Waals surface area contributed by atoms with E-state index in [4.69, 9.17) is 5.73 Å². The van der Waals surface area contributed by atoms with Gasteiger partial charge in [0.1, 0.15) is 0 Å². The number of aromatic nitrogens is 1. The molecule has 2 heterocycles. The molecule has 1 aromatic carbocycles. The van der Waals surface area contributed by atoms with Crippen LogP contribution in [-0.2, 0) is 13.0 Å². The number of piperidine rings is 1. The van der Waals surface area contributed by atoms with Gasteiger partial charge in [0, 0.05) is 43.1 Å². The van der Waals surface area contributed by atoms with E-state index in [1.807, 2.05) is 24.4 Å². The van der Waals surface area contributed by atoms with Crippen molar-refractivity contribution >= 4 is 5.69 Å². The monoisotopic (exact) mass is 324 g/mol. The third kappa shape index (κ3) is 4.79. The first-order valence-electron chi connectivity index (χ1n) is 8.87. The molecule has 0 radical (unpaired) electrons. The predicted octanol–water partition coefficient (Wildman–Crippen LogP) is 2.80. The van der Waals surface area contributed by atoms with Crippen LogP contribution in [0.2, 0.25) is 0 Å². The van der Waals surface area contributed by atoms with Crippen molar-refractivity contribution < 1.29 is 0 Å². The highest BCUT2D eigenvalue weighted by atomic mass is 15.2. The van der Waals surface area contributed by atoms with Gasteiger partial charge in [-0.1, -0.05) is 18.2 Å². The lowest BCUT2D eigenvalue weighted by Gasteiger charge is -2.36. The summed E-state index contributed by atoms with van der Waals surface area (Å²) in [6, 6.07) is 15.1. The van der Waals surface area contributed by atoms with Crippen molar-refractivity contribution in [3.05, 3.63) is 59.9 Å².